The summed E-state index contributed by atoms with van der Waals surface area (Å²) in [5.74, 6) is 0.285. The number of nitrogens with one attached hydrogen (secondary N) is 1. The van der Waals surface area contributed by atoms with Gasteiger partial charge in [-0.3, -0.25) is 4.79 Å². The molecule has 28 heavy (non-hydrogen) atoms. The molecule has 0 unspecified atom stereocenters. The molecule has 0 saturated carbocycles. The molecule has 4 aromatic rings. The zero-order chi connectivity index (χ0) is 19.5. The number of amides is 1. The molecule has 3 aromatic carbocycles. The monoisotopic (exact) mass is 429 g/mol. The minimum absolute atomic E-state index is 0.109. The Morgan fingerprint density at radius 1 is 1.00 bits per heavy atom. The minimum atomic E-state index is -0.236. The lowest BCUT2D eigenvalue weighted by Crippen LogP contribution is -2.14. The number of carbonyl (C=O) groups is 1. The third-order valence-corrected chi connectivity index (χ3v) is 5.30. The smallest absolute Gasteiger partial charge is 0.277 e. The first-order chi connectivity index (χ1) is 13.6. The van der Waals surface area contributed by atoms with Crippen molar-refractivity contribution in [1.82, 2.24) is 10.2 Å². The zero-order valence-electron chi connectivity index (χ0n) is 14.4. The van der Waals surface area contributed by atoms with Crippen molar-refractivity contribution in [3.8, 4) is 11.5 Å². The highest BCUT2D eigenvalue weighted by Crippen LogP contribution is 2.28. The Hall–Kier alpha value is -2.54. The van der Waals surface area contributed by atoms with E-state index in [1.807, 2.05) is 42.5 Å². The first kappa shape index (κ1) is 18.8. The summed E-state index contributed by atoms with van der Waals surface area (Å²) in [4.78, 5) is 12.1. The maximum absolute atomic E-state index is 12.1. The van der Waals surface area contributed by atoms with Gasteiger partial charge in [-0.05, 0) is 41.1 Å². The molecule has 4 rings (SSSR count). The number of rotatable bonds is 5. The summed E-state index contributed by atoms with van der Waals surface area (Å²) in [5.41, 5.74) is 1.33. The summed E-state index contributed by atoms with van der Waals surface area (Å²) < 4.78 is 5.68. The van der Waals surface area contributed by atoms with Gasteiger partial charge in [-0.2, -0.15) is 0 Å². The molecule has 0 spiro atoms. The fraction of sp³-hybridized carbons (Fsp3) is 0.0500. The van der Waals surface area contributed by atoms with Crippen LogP contribution in [-0.2, 0) is 4.79 Å². The number of hydrogen-bond acceptors (Lipinski definition) is 5. The third-order valence-electron chi connectivity index (χ3n) is 3.93. The maximum Gasteiger partial charge on any atom is 0.277 e. The first-order valence-corrected chi connectivity index (χ1v) is 10.0. The van der Waals surface area contributed by atoms with Crippen molar-refractivity contribution in [2.45, 2.75) is 5.22 Å². The minimum Gasteiger partial charge on any atom is -0.411 e. The summed E-state index contributed by atoms with van der Waals surface area (Å²) >= 11 is 13.1. The van der Waals surface area contributed by atoms with Gasteiger partial charge in [-0.25, -0.2) is 0 Å². The molecule has 1 aromatic heterocycles. The van der Waals surface area contributed by atoms with E-state index >= 15 is 0 Å². The first-order valence-electron chi connectivity index (χ1n) is 8.29. The SMILES string of the molecule is O=C(CSc1nnc(-c2ccc3ccccc3c2)o1)Nc1ccc(Cl)cc1Cl. The summed E-state index contributed by atoms with van der Waals surface area (Å²) in [5, 5.41) is 14.2. The molecule has 0 radical (unpaired) electrons. The van der Waals surface area contributed by atoms with Crippen LogP contribution in [0.5, 0.6) is 0 Å². The Balaban J connectivity index is 1.40. The fourth-order valence-corrected chi connectivity index (χ4v) is 3.63. The maximum atomic E-state index is 12.1. The van der Waals surface area contributed by atoms with Gasteiger partial charge in [0.25, 0.3) is 5.22 Å². The number of anilines is 1. The number of carbonyl (C=O) groups excluding carboxylic acids is 1. The number of benzene rings is 3. The molecular weight excluding hydrogens is 417 g/mol. The van der Waals surface area contributed by atoms with Crippen LogP contribution in [-0.4, -0.2) is 21.9 Å². The molecule has 0 aliphatic rings. The molecule has 1 N–H and O–H groups in total. The summed E-state index contributed by atoms with van der Waals surface area (Å²) in [6.07, 6.45) is 0. The molecule has 140 valence electrons. The number of nitrogens with zero attached hydrogens (tertiary/aromatic N) is 2. The van der Waals surface area contributed by atoms with Crippen LogP contribution in [0.3, 0.4) is 0 Å². The third kappa shape index (κ3) is 4.30. The number of aromatic nitrogens is 2. The Labute approximate surface area is 175 Å². The van der Waals surface area contributed by atoms with E-state index in [0.717, 1.165) is 28.1 Å². The quantitative estimate of drug-likeness (QED) is 0.398. The Morgan fingerprint density at radius 2 is 1.82 bits per heavy atom. The van der Waals surface area contributed by atoms with E-state index in [4.69, 9.17) is 27.6 Å². The van der Waals surface area contributed by atoms with E-state index in [1.165, 1.54) is 0 Å². The van der Waals surface area contributed by atoms with Gasteiger partial charge >= 0.3 is 0 Å². The molecule has 1 heterocycles. The van der Waals surface area contributed by atoms with Crippen LogP contribution < -0.4 is 5.32 Å². The standard InChI is InChI=1S/C20H13Cl2N3O2S/c21-15-7-8-17(16(22)10-15)23-18(26)11-28-20-25-24-19(27-20)14-6-5-12-3-1-2-4-13(12)9-14/h1-10H,11H2,(H,23,26). The average Bonchev–Trinajstić information content (AvgIpc) is 3.17. The van der Waals surface area contributed by atoms with Gasteiger partial charge in [-0.1, -0.05) is 65.3 Å². The van der Waals surface area contributed by atoms with Crippen LogP contribution in [0.25, 0.3) is 22.2 Å². The van der Waals surface area contributed by atoms with Crippen LogP contribution in [0.4, 0.5) is 5.69 Å². The van der Waals surface area contributed by atoms with Crippen LogP contribution in [0, 0.1) is 0 Å². The molecule has 0 aliphatic heterocycles. The van der Waals surface area contributed by atoms with Crippen molar-refractivity contribution in [3.05, 3.63) is 70.7 Å². The second-order valence-corrected chi connectivity index (χ2v) is 7.67. The van der Waals surface area contributed by atoms with Crippen molar-refractivity contribution < 1.29 is 9.21 Å². The van der Waals surface area contributed by atoms with Crippen molar-refractivity contribution in [2.24, 2.45) is 0 Å². The molecular formula is C20H13Cl2N3O2S. The lowest BCUT2D eigenvalue weighted by atomic mass is 10.1. The Bertz CT molecular complexity index is 1160. The van der Waals surface area contributed by atoms with Crippen LogP contribution in [0.2, 0.25) is 10.0 Å². The van der Waals surface area contributed by atoms with Gasteiger partial charge in [0.15, 0.2) is 0 Å². The average molecular weight is 430 g/mol. The zero-order valence-corrected chi connectivity index (χ0v) is 16.7. The Morgan fingerprint density at radius 3 is 2.64 bits per heavy atom. The molecule has 1 amide bonds. The van der Waals surface area contributed by atoms with E-state index < -0.39 is 0 Å². The Kier molecular flexibility index (Phi) is 5.52. The molecule has 5 nitrogen and oxygen atoms in total. The van der Waals surface area contributed by atoms with Gasteiger partial charge in [0.1, 0.15) is 0 Å². The summed E-state index contributed by atoms with van der Waals surface area (Å²) in [7, 11) is 0. The molecule has 0 atom stereocenters. The van der Waals surface area contributed by atoms with Gasteiger partial charge in [0, 0.05) is 10.6 Å². The van der Waals surface area contributed by atoms with Crippen molar-refractivity contribution in [3.63, 3.8) is 0 Å². The van der Waals surface area contributed by atoms with E-state index in [2.05, 4.69) is 15.5 Å². The van der Waals surface area contributed by atoms with E-state index in [1.54, 1.807) is 18.2 Å². The fourth-order valence-electron chi connectivity index (χ4n) is 2.61. The van der Waals surface area contributed by atoms with Crippen molar-refractivity contribution >= 4 is 57.3 Å². The molecule has 0 bridgehead atoms. The number of fused-ring (bicyclic) bond motifs is 1. The number of hydrogen-bond donors (Lipinski definition) is 1. The molecule has 0 saturated heterocycles. The predicted molar refractivity (Wildman–Crippen MR) is 113 cm³/mol. The van der Waals surface area contributed by atoms with Crippen LogP contribution in [0.15, 0.2) is 70.3 Å². The predicted octanol–water partition coefficient (Wildman–Crippen LogP) is 5.93. The highest BCUT2D eigenvalue weighted by atomic mass is 35.5. The normalized spacial score (nSPS) is 10.9. The number of halogens is 2. The van der Waals surface area contributed by atoms with E-state index in [9.17, 15) is 4.79 Å². The van der Waals surface area contributed by atoms with Crippen LogP contribution >= 0.6 is 35.0 Å². The van der Waals surface area contributed by atoms with Gasteiger partial charge in [0.2, 0.25) is 11.8 Å². The second-order valence-electron chi connectivity index (χ2n) is 5.90. The second kappa shape index (κ2) is 8.22. The largest absolute Gasteiger partial charge is 0.411 e. The lowest BCUT2D eigenvalue weighted by Gasteiger charge is -2.06. The van der Waals surface area contributed by atoms with E-state index in [-0.39, 0.29) is 11.7 Å². The molecule has 0 fully saturated rings. The van der Waals surface area contributed by atoms with Crippen molar-refractivity contribution in [1.29, 1.82) is 0 Å². The van der Waals surface area contributed by atoms with Gasteiger partial charge in [-0.15, -0.1) is 10.2 Å². The highest BCUT2D eigenvalue weighted by Gasteiger charge is 2.13. The molecule has 8 heteroatoms. The summed E-state index contributed by atoms with van der Waals surface area (Å²) in [6.45, 7) is 0. The van der Waals surface area contributed by atoms with Crippen LogP contribution in [0.1, 0.15) is 0 Å². The molecule has 0 aliphatic carbocycles. The van der Waals surface area contributed by atoms with Crippen molar-refractivity contribution in [2.75, 3.05) is 11.1 Å². The highest BCUT2D eigenvalue weighted by molar-refractivity contribution is 7.99. The summed E-state index contributed by atoms with van der Waals surface area (Å²) in [6, 6.07) is 18.8. The van der Waals surface area contributed by atoms with Gasteiger partial charge in [0.05, 0.1) is 16.5 Å². The topological polar surface area (TPSA) is 68.0 Å². The number of thioether (sulfide) groups is 1. The van der Waals surface area contributed by atoms with E-state index in [0.29, 0.717) is 26.8 Å². The lowest BCUT2D eigenvalue weighted by molar-refractivity contribution is -0.113. The van der Waals surface area contributed by atoms with Gasteiger partial charge < -0.3 is 9.73 Å².